The zero-order valence-corrected chi connectivity index (χ0v) is 17.6. The number of fused-ring (bicyclic) bond motifs is 1. The van der Waals surface area contributed by atoms with E-state index in [0.29, 0.717) is 42.5 Å². The Kier molecular flexibility index (Phi) is 6.54. The number of hydrogen-bond donors (Lipinski definition) is 1. The molecular weight excluding hydrogens is 414 g/mol. The predicted octanol–water partition coefficient (Wildman–Crippen LogP) is 2.23. The lowest BCUT2D eigenvalue weighted by Crippen LogP contribution is -2.31. The third-order valence-corrected chi connectivity index (χ3v) is 4.84. The first-order valence-electron chi connectivity index (χ1n) is 10.1. The predicted molar refractivity (Wildman–Crippen MR) is 116 cm³/mol. The zero-order chi connectivity index (χ0) is 22.3. The lowest BCUT2D eigenvalue weighted by molar-refractivity contribution is -0.123. The number of aryl methyl sites for hydroxylation is 1. The van der Waals surface area contributed by atoms with Crippen LogP contribution in [0.25, 0.3) is 11.3 Å². The highest BCUT2D eigenvalue weighted by Gasteiger charge is 2.14. The first-order valence-corrected chi connectivity index (χ1v) is 10.1. The number of rotatable bonds is 9. The molecule has 0 saturated heterocycles. The van der Waals surface area contributed by atoms with Crippen molar-refractivity contribution in [1.29, 1.82) is 0 Å². The Balaban J connectivity index is 1.24. The monoisotopic (exact) mass is 437 g/mol. The molecule has 1 amide bonds. The lowest BCUT2D eigenvalue weighted by Gasteiger charge is -2.09. The van der Waals surface area contributed by atoms with Gasteiger partial charge in [0, 0.05) is 30.8 Å². The summed E-state index contributed by atoms with van der Waals surface area (Å²) in [6, 6.07) is 15.8. The zero-order valence-electron chi connectivity index (χ0n) is 17.6. The van der Waals surface area contributed by atoms with Gasteiger partial charge < -0.3 is 24.3 Å². The summed E-state index contributed by atoms with van der Waals surface area (Å²) in [5.41, 5.74) is 1.38. The molecule has 0 bridgehead atoms. The largest absolute Gasteiger partial charge is 0.497 e. The summed E-state index contributed by atoms with van der Waals surface area (Å²) in [4.78, 5) is 24.2. The summed E-state index contributed by atoms with van der Waals surface area (Å²) < 4.78 is 22.6. The van der Waals surface area contributed by atoms with E-state index in [-0.39, 0.29) is 24.9 Å². The van der Waals surface area contributed by atoms with Gasteiger partial charge in [0.15, 0.2) is 18.1 Å². The molecule has 0 atom stereocenters. The van der Waals surface area contributed by atoms with Crippen molar-refractivity contribution >= 4 is 5.91 Å². The van der Waals surface area contributed by atoms with Crippen molar-refractivity contribution in [1.82, 2.24) is 15.1 Å². The summed E-state index contributed by atoms with van der Waals surface area (Å²) in [6.45, 7) is 0.835. The van der Waals surface area contributed by atoms with Gasteiger partial charge in [0.1, 0.15) is 11.5 Å². The lowest BCUT2D eigenvalue weighted by atomic mass is 10.1. The SMILES string of the molecule is COc1ccc(-c2ccc(=O)n(CCCNC(=O)COc3ccc4c(c3)OCO4)n2)cc1. The number of amides is 1. The maximum Gasteiger partial charge on any atom is 0.266 e. The topological polar surface area (TPSA) is 101 Å². The Morgan fingerprint density at radius 1 is 1.06 bits per heavy atom. The minimum absolute atomic E-state index is 0.120. The van der Waals surface area contributed by atoms with E-state index in [2.05, 4.69) is 10.4 Å². The maximum absolute atomic E-state index is 12.1. The molecule has 0 spiro atoms. The van der Waals surface area contributed by atoms with Gasteiger partial charge in [0.05, 0.1) is 12.8 Å². The van der Waals surface area contributed by atoms with Crippen molar-refractivity contribution in [2.75, 3.05) is 27.1 Å². The summed E-state index contributed by atoms with van der Waals surface area (Å²) in [5, 5.41) is 7.20. The van der Waals surface area contributed by atoms with Crippen molar-refractivity contribution < 1.29 is 23.7 Å². The van der Waals surface area contributed by atoms with Gasteiger partial charge in [0.2, 0.25) is 6.79 Å². The van der Waals surface area contributed by atoms with E-state index in [0.717, 1.165) is 11.3 Å². The van der Waals surface area contributed by atoms with Crippen molar-refractivity contribution in [3.63, 3.8) is 0 Å². The second kappa shape index (κ2) is 9.86. The minimum atomic E-state index is -0.255. The highest BCUT2D eigenvalue weighted by atomic mass is 16.7. The Hall–Kier alpha value is -4.01. The van der Waals surface area contributed by atoms with Crippen LogP contribution in [0.15, 0.2) is 59.4 Å². The second-order valence-corrected chi connectivity index (χ2v) is 7.02. The van der Waals surface area contributed by atoms with Crippen LogP contribution in [-0.4, -0.2) is 42.7 Å². The number of carbonyl (C=O) groups is 1. The van der Waals surface area contributed by atoms with Crippen molar-refractivity contribution in [2.24, 2.45) is 0 Å². The van der Waals surface area contributed by atoms with Crippen LogP contribution in [-0.2, 0) is 11.3 Å². The van der Waals surface area contributed by atoms with Gasteiger partial charge in [-0.3, -0.25) is 9.59 Å². The van der Waals surface area contributed by atoms with Gasteiger partial charge in [-0.15, -0.1) is 0 Å². The fourth-order valence-corrected chi connectivity index (χ4v) is 3.15. The molecule has 9 nitrogen and oxygen atoms in total. The summed E-state index contributed by atoms with van der Waals surface area (Å²) >= 11 is 0. The molecule has 166 valence electrons. The fourth-order valence-electron chi connectivity index (χ4n) is 3.15. The maximum atomic E-state index is 12.1. The van der Waals surface area contributed by atoms with E-state index in [1.807, 2.05) is 24.3 Å². The van der Waals surface area contributed by atoms with Crippen LogP contribution < -0.4 is 29.8 Å². The van der Waals surface area contributed by atoms with E-state index in [1.54, 1.807) is 31.4 Å². The molecule has 0 unspecified atom stereocenters. The normalized spacial score (nSPS) is 11.8. The van der Waals surface area contributed by atoms with E-state index < -0.39 is 0 Å². The number of nitrogens with one attached hydrogen (secondary N) is 1. The molecule has 2 heterocycles. The van der Waals surface area contributed by atoms with Gasteiger partial charge in [-0.25, -0.2) is 4.68 Å². The number of aromatic nitrogens is 2. The van der Waals surface area contributed by atoms with E-state index in [9.17, 15) is 9.59 Å². The number of nitrogens with zero attached hydrogens (tertiary/aromatic N) is 2. The van der Waals surface area contributed by atoms with Crippen LogP contribution in [0.3, 0.4) is 0 Å². The van der Waals surface area contributed by atoms with Crippen LogP contribution in [0.2, 0.25) is 0 Å². The first-order chi connectivity index (χ1) is 15.6. The van der Waals surface area contributed by atoms with E-state index in [4.69, 9.17) is 18.9 Å². The van der Waals surface area contributed by atoms with Gasteiger partial charge in [-0.1, -0.05) is 0 Å². The highest BCUT2D eigenvalue weighted by Crippen LogP contribution is 2.35. The number of hydrogen-bond acceptors (Lipinski definition) is 7. The van der Waals surface area contributed by atoms with E-state index in [1.165, 1.54) is 10.7 Å². The molecule has 1 aliphatic heterocycles. The van der Waals surface area contributed by atoms with Crippen LogP contribution in [0.4, 0.5) is 0 Å². The minimum Gasteiger partial charge on any atom is -0.497 e. The summed E-state index contributed by atoms with van der Waals surface area (Å²) in [5.74, 6) is 2.27. The Morgan fingerprint density at radius 3 is 2.66 bits per heavy atom. The molecule has 0 fully saturated rings. The number of ether oxygens (including phenoxy) is 4. The highest BCUT2D eigenvalue weighted by molar-refractivity contribution is 5.77. The molecule has 0 aliphatic carbocycles. The molecule has 4 rings (SSSR count). The van der Waals surface area contributed by atoms with Crippen LogP contribution >= 0.6 is 0 Å². The average molecular weight is 437 g/mol. The van der Waals surface area contributed by atoms with Crippen molar-refractivity contribution in [3.8, 4) is 34.3 Å². The number of methoxy groups -OCH3 is 1. The first kappa shape index (κ1) is 21.2. The van der Waals surface area contributed by atoms with Crippen molar-refractivity contribution in [2.45, 2.75) is 13.0 Å². The molecule has 3 aromatic rings. The smallest absolute Gasteiger partial charge is 0.266 e. The molecule has 0 radical (unpaired) electrons. The van der Waals surface area contributed by atoms with Gasteiger partial charge in [-0.2, -0.15) is 5.10 Å². The molecule has 32 heavy (non-hydrogen) atoms. The fraction of sp³-hybridized carbons (Fsp3) is 0.261. The molecule has 0 saturated carbocycles. The third kappa shape index (κ3) is 5.18. The van der Waals surface area contributed by atoms with Crippen molar-refractivity contribution in [3.05, 3.63) is 65.0 Å². The van der Waals surface area contributed by atoms with Gasteiger partial charge >= 0.3 is 0 Å². The molecule has 1 N–H and O–H groups in total. The van der Waals surface area contributed by atoms with Gasteiger partial charge in [0.25, 0.3) is 11.5 Å². The number of carbonyl (C=O) groups excluding carboxylic acids is 1. The van der Waals surface area contributed by atoms with E-state index >= 15 is 0 Å². The Bertz CT molecular complexity index is 1140. The summed E-state index contributed by atoms with van der Waals surface area (Å²) in [7, 11) is 1.61. The third-order valence-electron chi connectivity index (χ3n) is 4.84. The van der Waals surface area contributed by atoms with Crippen LogP contribution in [0, 0.1) is 0 Å². The van der Waals surface area contributed by atoms with Gasteiger partial charge in [-0.05, 0) is 48.9 Å². The van der Waals surface area contributed by atoms with Crippen LogP contribution in [0.5, 0.6) is 23.0 Å². The second-order valence-electron chi connectivity index (χ2n) is 7.02. The summed E-state index contributed by atoms with van der Waals surface area (Å²) in [6.07, 6.45) is 0.550. The quantitative estimate of drug-likeness (QED) is 0.512. The molecular formula is C23H23N3O6. The number of benzene rings is 2. The Labute approximate surface area is 184 Å². The molecule has 9 heteroatoms. The molecule has 1 aromatic heterocycles. The standard InChI is InChI=1S/C23H23N3O6/c1-29-17-5-3-16(4-6-17)19-8-10-23(28)26(25-19)12-2-11-24-22(27)14-30-18-7-9-20-21(13-18)32-15-31-20/h3-10,13H,2,11-12,14-15H2,1H3,(H,24,27). The van der Waals surface area contributed by atoms with Crippen LogP contribution in [0.1, 0.15) is 6.42 Å². The average Bonchev–Trinajstić information content (AvgIpc) is 3.29. The molecule has 2 aromatic carbocycles. The Morgan fingerprint density at radius 2 is 1.84 bits per heavy atom. The molecule has 1 aliphatic rings.